The number of rotatable bonds is 7. The second-order valence-corrected chi connectivity index (χ2v) is 4.20. The minimum atomic E-state index is -5.21. The normalized spacial score (nSPS) is 12.0. The van der Waals surface area contributed by atoms with Gasteiger partial charge in [-0.25, -0.2) is 9.59 Å². The minimum absolute atomic E-state index is 0. The monoisotopic (exact) mass is 368 g/mol. The SMILES string of the molecule is O=C(O)CC(OC(C(=O)O)S(=O)(=O)O)C(=O)O.[NaH].[NaH].[NaH].[NaH]. The molecule has 0 radical (unpaired) electrons. The standard InChI is InChI=1S/C6H8O10S.4Na.4H/c7-3(8)1-2(4(9)10)16-6(5(11)12)17(13,14)15;;;;;;;;/h2,6H,1H2,(H,7,8)(H,9,10)(H,11,12)(H,13,14,15);;;;;;;;. The molecule has 0 aromatic heterocycles. The van der Waals surface area contributed by atoms with Crippen molar-refractivity contribution in [1.82, 2.24) is 0 Å². The Morgan fingerprint density at radius 1 is 0.905 bits per heavy atom. The molecule has 0 aliphatic carbocycles. The second kappa shape index (κ2) is 15.8. The van der Waals surface area contributed by atoms with Crippen molar-refractivity contribution >= 4 is 146 Å². The number of hydrogen-bond acceptors (Lipinski definition) is 6. The zero-order valence-electron chi connectivity index (χ0n) is 8.01. The molecule has 0 fully saturated rings. The summed E-state index contributed by atoms with van der Waals surface area (Å²) in [6, 6.07) is 0. The molecule has 0 spiro atoms. The number of aliphatic carboxylic acids is 3. The first-order chi connectivity index (χ1) is 7.55. The molecule has 0 heterocycles. The molecule has 0 saturated heterocycles. The molecule has 0 rings (SSSR count). The van der Waals surface area contributed by atoms with Crippen molar-refractivity contribution in [3.63, 3.8) is 0 Å². The van der Waals surface area contributed by atoms with Gasteiger partial charge in [-0.1, -0.05) is 0 Å². The van der Waals surface area contributed by atoms with E-state index in [1.807, 2.05) is 0 Å². The van der Waals surface area contributed by atoms with Crippen molar-refractivity contribution in [2.24, 2.45) is 0 Å². The average Bonchev–Trinajstić information content (AvgIpc) is 2.07. The van der Waals surface area contributed by atoms with Crippen LogP contribution in [-0.4, -0.2) is 176 Å². The van der Waals surface area contributed by atoms with E-state index in [0.29, 0.717) is 0 Å². The maximum absolute atomic E-state index is 10.5. The molecule has 21 heavy (non-hydrogen) atoms. The molecule has 106 valence electrons. The summed E-state index contributed by atoms with van der Waals surface area (Å²) in [5, 5.41) is 25.1. The Kier molecular flexibility index (Phi) is 26.0. The summed E-state index contributed by atoms with van der Waals surface area (Å²) in [7, 11) is -5.21. The Morgan fingerprint density at radius 2 is 1.29 bits per heavy atom. The molecule has 0 bridgehead atoms. The van der Waals surface area contributed by atoms with E-state index < -0.39 is 46.0 Å². The van der Waals surface area contributed by atoms with Gasteiger partial charge in [0.25, 0.3) is 5.44 Å². The van der Waals surface area contributed by atoms with Crippen LogP contribution in [0, 0.1) is 0 Å². The molecule has 0 aliphatic heterocycles. The number of carboxylic acids is 3. The van der Waals surface area contributed by atoms with E-state index >= 15 is 0 Å². The van der Waals surface area contributed by atoms with Gasteiger partial charge in [0.2, 0.25) is 0 Å². The first kappa shape index (κ1) is 34.6. The van der Waals surface area contributed by atoms with E-state index in [-0.39, 0.29) is 118 Å². The molecular formula is C6H12Na4O10S. The Morgan fingerprint density at radius 3 is 1.48 bits per heavy atom. The van der Waals surface area contributed by atoms with Gasteiger partial charge in [-0.3, -0.25) is 9.35 Å². The molecule has 2 unspecified atom stereocenters. The van der Waals surface area contributed by atoms with E-state index in [1.165, 1.54) is 0 Å². The predicted molar refractivity (Wildman–Crippen MR) is 76.3 cm³/mol. The van der Waals surface area contributed by atoms with Crippen LogP contribution < -0.4 is 0 Å². The molecule has 15 heteroatoms. The Hall–Kier alpha value is 2.28. The van der Waals surface area contributed by atoms with Gasteiger partial charge in [-0.15, -0.1) is 0 Å². The second-order valence-electron chi connectivity index (χ2n) is 2.75. The molecule has 0 aromatic carbocycles. The number of carboxylic acid groups (broad SMARTS) is 3. The fraction of sp³-hybridized carbons (Fsp3) is 0.500. The van der Waals surface area contributed by atoms with Gasteiger partial charge in [0.1, 0.15) is 0 Å². The van der Waals surface area contributed by atoms with Crippen LogP contribution in [0.25, 0.3) is 0 Å². The molecule has 0 aliphatic rings. The van der Waals surface area contributed by atoms with Crippen molar-refractivity contribution in [1.29, 1.82) is 0 Å². The Balaban J connectivity index is -0.000000213. The van der Waals surface area contributed by atoms with Crippen molar-refractivity contribution in [2.45, 2.75) is 18.0 Å². The fourth-order valence-corrected chi connectivity index (χ4v) is 1.29. The number of carbonyl (C=O) groups is 3. The van der Waals surface area contributed by atoms with Gasteiger partial charge in [0.15, 0.2) is 6.10 Å². The van der Waals surface area contributed by atoms with E-state index in [9.17, 15) is 22.8 Å². The van der Waals surface area contributed by atoms with Crippen LogP contribution in [-0.2, 0) is 29.2 Å². The summed E-state index contributed by atoms with van der Waals surface area (Å²) in [5.41, 5.74) is -2.86. The van der Waals surface area contributed by atoms with Crippen molar-refractivity contribution in [2.75, 3.05) is 0 Å². The summed E-state index contributed by atoms with van der Waals surface area (Å²) < 4.78 is 33.5. The van der Waals surface area contributed by atoms with E-state index in [1.54, 1.807) is 0 Å². The van der Waals surface area contributed by atoms with Crippen LogP contribution in [0.3, 0.4) is 0 Å². The van der Waals surface area contributed by atoms with Gasteiger partial charge in [-0.05, 0) is 0 Å². The molecular weight excluding hydrogens is 356 g/mol. The molecule has 2 atom stereocenters. The maximum atomic E-state index is 10.5. The van der Waals surface area contributed by atoms with Crippen molar-refractivity contribution in [3.8, 4) is 0 Å². The summed E-state index contributed by atoms with van der Waals surface area (Å²) in [6.45, 7) is 0. The van der Waals surface area contributed by atoms with Crippen LogP contribution in [0.5, 0.6) is 0 Å². The van der Waals surface area contributed by atoms with Crippen molar-refractivity contribution in [3.05, 3.63) is 0 Å². The van der Waals surface area contributed by atoms with E-state index in [0.717, 1.165) is 0 Å². The summed E-state index contributed by atoms with van der Waals surface area (Å²) in [4.78, 5) is 31.1. The first-order valence-corrected chi connectivity index (χ1v) is 5.35. The zero-order chi connectivity index (χ0) is 13.8. The van der Waals surface area contributed by atoms with Gasteiger partial charge >= 0.3 is 146 Å². The van der Waals surface area contributed by atoms with Crippen molar-refractivity contribution < 1.29 is 47.4 Å². The van der Waals surface area contributed by atoms with Gasteiger partial charge in [-0.2, -0.15) is 8.42 Å². The molecule has 0 amide bonds. The Labute approximate surface area is 208 Å². The number of hydrogen-bond donors (Lipinski definition) is 4. The molecule has 10 nitrogen and oxygen atoms in total. The first-order valence-electron chi connectivity index (χ1n) is 3.85. The number of ether oxygens (including phenoxy) is 1. The third-order valence-electron chi connectivity index (χ3n) is 1.40. The van der Waals surface area contributed by atoms with E-state index in [4.69, 9.17) is 19.9 Å². The average molecular weight is 368 g/mol. The summed E-state index contributed by atoms with van der Waals surface area (Å²) in [5.74, 6) is -5.68. The van der Waals surface area contributed by atoms with Crippen LogP contribution in [0.2, 0.25) is 0 Å². The third kappa shape index (κ3) is 15.5. The topological polar surface area (TPSA) is 175 Å². The van der Waals surface area contributed by atoms with Crippen LogP contribution >= 0.6 is 0 Å². The zero-order valence-corrected chi connectivity index (χ0v) is 8.82. The van der Waals surface area contributed by atoms with Crippen LogP contribution in [0.4, 0.5) is 0 Å². The third-order valence-corrected chi connectivity index (χ3v) is 2.25. The quantitative estimate of drug-likeness (QED) is 0.254. The predicted octanol–water partition coefficient (Wildman–Crippen LogP) is -4.36. The van der Waals surface area contributed by atoms with Gasteiger partial charge < -0.3 is 20.1 Å². The van der Waals surface area contributed by atoms with Gasteiger partial charge in [0, 0.05) is 0 Å². The van der Waals surface area contributed by atoms with Crippen LogP contribution in [0.1, 0.15) is 6.42 Å². The molecule has 4 N–H and O–H groups in total. The fourth-order valence-electron chi connectivity index (χ4n) is 0.757. The van der Waals surface area contributed by atoms with Crippen LogP contribution in [0.15, 0.2) is 0 Å². The summed E-state index contributed by atoms with van der Waals surface area (Å²) in [6.07, 6.45) is -3.37. The summed E-state index contributed by atoms with van der Waals surface area (Å²) >= 11 is 0. The molecule has 0 saturated carbocycles. The molecule has 0 aromatic rings. The Bertz CT molecular complexity index is 437. The van der Waals surface area contributed by atoms with E-state index in [2.05, 4.69) is 4.74 Å². The van der Waals surface area contributed by atoms with Gasteiger partial charge in [0.05, 0.1) is 6.42 Å².